The van der Waals surface area contributed by atoms with E-state index < -0.39 is 5.97 Å². The Balaban J connectivity index is 3.39. The Bertz CT molecular complexity index is 169. The first-order valence-corrected chi connectivity index (χ1v) is 5.12. The number of carboxylic acid groups (broad SMARTS) is 1. The van der Waals surface area contributed by atoms with E-state index >= 15 is 0 Å². The Morgan fingerprint density at radius 1 is 1.14 bits per heavy atom. The number of quaternary nitrogens is 1. The van der Waals surface area contributed by atoms with Crippen molar-refractivity contribution in [2.45, 2.75) is 25.7 Å². The van der Waals surface area contributed by atoms with Crippen molar-refractivity contribution in [3.8, 4) is 0 Å². The van der Waals surface area contributed by atoms with Crippen LogP contribution in [0.25, 0.3) is 0 Å². The van der Waals surface area contributed by atoms with E-state index in [1.54, 1.807) is 0 Å². The van der Waals surface area contributed by atoms with Gasteiger partial charge in [0.25, 0.3) is 0 Å². The second-order valence-electron chi connectivity index (χ2n) is 4.31. The number of aliphatic carboxylic acids is 1. The predicted octanol–water partition coefficient (Wildman–Crippen LogP) is 0.700. The van der Waals surface area contributed by atoms with Crippen LogP contribution in [0.2, 0.25) is 0 Å². The molecule has 0 saturated heterocycles. The van der Waals surface area contributed by atoms with Crippen molar-refractivity contribution in [2.24, 2.45) is 0 Å². The van der Waals surface area contributed by atoms with E-state index in [0.29, 0.717) is 0 Å². The van der Waals surface area contributed by atoms with Crippen molar-refractivity contribution in [2.75, 3.05) is 33.8 Å². The van der Waals surface area contributed by atoms with E-state index in [4.69, 9.17) is 10.2 Å². The summed E-state index contributed by atoms with van der Waals surface area (Å²) >= 11 is 0. The van der Waals surface area contributed by atoms with Crippen LogP contribution < -0.4 is 0 Å². The van der Waals surface area contributed by atoms with Gasteiger partial charge in [-0.15, -0.1) is 0 Å². The SMILES string of the molecule is C[N+](C)(CCO)CCCCCC(=O)O. The van der Waals surface area contributed by atoms with E-state index in [1.165, 1.54) is 0 Å². The number of aliphatic hydroxyl groups is 1. The van der Waals surface area contributed by atoms with Gasteiger partial charge in [0, 0.05) is 6.42 Å². The zero-order valence-electron chi connectivity index (χ0n) is 9.20. The summed E-state index contributed by atoms with van der Waals surface area (Å²) in [5.74, 6) is -0.714. The first-order valence-electron chi connectivity index (χ1n) is 5.12. The lowest BCUT2D eigenvalue weighted by Crippen LogP contribution is -2.42. The van der Waals surface area contributed by atoms with Crippen molar-refractivity contribution in [3.63, 3.8) is 0 Å². The van der Waals surface area contributed by atoms with Crippen molar-refractivity contribution in [3.05, 3.63) is 0 Å². The lowest BCUT2D eigenvalue weighted by molar-refractivity contribution is -0.890. The zero-order chi connectivity index (χ0) is 11.0. The van der Waals surface area contributed by atoms with E-state index in [0.717, 1.165) is 36.8 Å². The van der Waals surface area contributed by atoms with Gasteiger partial charge in [-0.2, -0.15) is 0 Å². The summed E-state index contributed by atoms with van der Waals surface area (Å²) in [7, 11) is 4.15. The quantitative estimate of drug-likeness (QED) is 0.452. The summed E-state index contributed by atoms with van der Waals surface area (Å²) in [5, 5.41) is 17.2. The molecular formula is C10H22NO3+. The first-order chi connectivity index (χ1) is 6.48. The second kappa shape index (κ2) is 6.79. The molecule has 0 spiro atoms. The summed E-state index contributed by atoms with van der Waals surface area (Å²) in [6.07, 6.45) is 3.02. The van der Waals surface area contributed by atoms with Crippen LogP contribution in [0.5, 0.6) is 0 Å². The van der Waals surface area contributed by atoms with E-state index in [9.17, 15) is 4.79 Å². The molecule has 0 bridgehead atoms. The third-order valence-electron chi connectivity index (χ3n) is 2.36. The van der Waals surface area contributed by atoms with Gasteiger partial charge in [-0.25, -0.2) is 0 Å². The lowest BCUT2D eigenvalue weighted by Gasteiger charge is -2.28. The number of unbranched alkanes of at least 4 members (excludes halogenated alkanes) is 2. The minimum atomic E-state index is -0.714. The van der Waals surface area contributed by atoms with Gasteiger partial charge in [-0.3, -0.25) is 4.79 Å². The number of likely N-dealkylation sites (N-methyl/N-ethyl adjacent to an activating group) is 1. The molecule has 14 heavy (non-hydrogen) atoms. The molecular weight excluding hydrogens is 182 g/mol. The molecule has 0 amide bonds. The Kier molecular flexibility index (Phi) is 6.49. The lowest BCUT2D eigenvalue weighted by atomic mass is 10.2. The molecule has 0 aliphatic heterocycles. The number of rotatable bonds is 8. The van der Waals surface area contributed by atoms with Crippen molar-refractivity contribution in [1.82, 2.24) is 0 Å². The van der Waals surface area contributed by atoms with Gasteiger partial charge in [0.15, 0.2) is 0 Å². The summed E-state index contributed by atoms with van der Waals surface area (Å²) in [4.78, 5) is 10.2. The van der Waals surface area contributed by atoms with Crippen molar-refractivity contribution < 1.29 is 19.5 Å². The number of aliphatic hydroxyl groups excluding tert-OH is 1. The predicted molar refractivity (Wildman–Crippen MR) is 55.0 cm³/mol. The summed E-state index contributed by atoms with van der Waals surface area (Å²) in [6, 6.07) is 0. The minimum absolute atomic E-state index is 0.210. The molecule has 2 N–H and O–H groups in total. The maximum absolute atomic E-state index is 10.2. The van der Waals surface area contributed by atoms with Gasteiger partial charge in [0.2, 0.25) is 0 Å². The smallest absolute Gasteiger partial charge is 0.303 e. The van der Waals surface area contributed by atoms with Gasteiger partial charge < -0.3 is 14.7 Å². The molecule has 0 heterocycles. The summed E-state index contributed by atoms with van der Waals surface area (Å²) in [5.41, 5.74) is 0. The van der Waals surface area contributed by atoms with Gasteiger partial charge in [0.1, 0.15) is 6.54 Å². The summed E-state index contributed by atoms with van der Waals surface area (Å²) in [6.45, 7) is 1.97. The highest BCUT2D eigenvalue weighted by atomic mass is 16.4. The minimum Gasteiger partial charge on any atom is -0.481 e. The van der Waals surface area contributed by atoms with Crippen LogP contribution in [0.1, 0.15) is 25.7 Å². The zero-order valence-corrected chi connectivity index (χ0v) is 9.20. The van der Waals surface area contributed by atoms with Crippen LogP contribution in [0.3, 0.4) is 0 Å². The van der Waals surface area contributed by atoms with Crippen LogP contribution in [-0.4, -0.2) is 54.5 Å². The Hall–Kier alpha value is -0.610. The maximum atomic E-state index is 10.2. The van der Waals surface area contributed by atoms with Gasteiger partial charge in [0.05, 0.1) is 27.2 Å². The van der Waals surface area contributed by atoms with Crippen molar-refractivity contribution in [1.29, 1.82) is 0 Å². The highest BCUT2D eigenvalue weighted by molar-refractivity contribution is 5.66. The van der Waals surface area contributed by atoms with Crippen LogP contribution in [-0.2, 0) is 4.79 Å². The van der Waals surface area contributed by atoms with Gasteiger partial charge in [-0.05, 0) is 19.3 Å². The molecule has 0 aromatic carbocycles. The Labute approximate surface area is 85.7 Å². The molecule has 0 saturated carbocycles. The van der Waals surface area contributed by atoms with Gasteiger partial charge >= 0.3 is 5.97 Å². The monoisotopic (exact) mass is 204 g/mol. The van der Waals surface area contributed by atoms with E-state index in [-0.39, 0.29) is 13.0 Å². The molecule has 0 fully saturated rings. The molecule has 4 heteroatoms. The maximum Gasteiger partial charge on any atom is 0.303 e. The number of nitrogens with zero attached hydrogens (tertiary/aromatic N) is 1. The third-order valence-corrected chi connectivity index (χ3v) is 2.36. The van der Waals surface area contributed by atoms with Crippen LogP contribution in [0.15, 0.2) is 0 Å². The molecule has 0 unspecified atom stereocenters. The second-order valence-corrected chi connectivity index (χ2v) is 4.31. The van der Waals surface area contributed by atoms with E-state index in [2.05, 4.69) is 14.1 Å². The fourth-order valence-corrected chi connectivity index (χ4v) is 1.38. The molecule has 0 aliphatic rings. The molecule has 0 radical (unpaired) electrons. The molecule has 0 aromatic heterocycles. The fourth-order valence-electron chi connectivity index (χ4n) is 1.38. The molecule has 84 valence electrons. The highest BCUT2D eigenvalue weighted by Crippen LogP contribution is 2.05. The van der Waals surface area contributed by atoms with Crippen molar-refractivity contribution >= 4 is 5.97 Å². The molecule has 0 atom stereocenters. The largest absolute Gasteiger partial charge is 0.481 e. The highest BCUT2D eigenvalue weighted by Gasteiger charge is 2.12. The molecule has 4 nitrogen and oxygen atoms in total. The fraction of sp³-hybridized carbons (Fsp3) is 0.900. The molecule has 0 aromatic rings. The topological polar surface area (TPSA) is 57.5 Å². The number of hydrogen-bond acceptors (Lipinski definition) is 2. The number of hydrogen-bond donors (Lipinski definition) is 2. The number of carboxylic acids is 1. The average molecular weight is 204 g/mol. The van der Waals surface area contributed by atoms with Crippen LogP contribution in [0, 0.1) is 0 Å². The summed E-state index contributed by atoms with van der Waals surface area (Å²) < 4.78 is 0.809. The van der Waals surface area contributed by atoms with Crippen LogP contribution >= 0.6 is 0 Å². The molecule has 0 rings (SSSR count). The Morgan fingerprint density at radius 2 is 1.79 bits per heavy atom. The Morgan fingerprint density at radius 3 is 2.29 bits per heavy atom. The average Bonchev–Trinajstić information content (AvgIpc) is 2.02. The van der Waals surface area contributed by atoms with Crippen LogP contribution in [0.4, 0.5) is 0 Å². The third kappa shape index (κ3) is 8.01. The normalized spacial score (nSPS) is 11.6. The number of carbonyl (C=O) groups is 1. The standard InChI is InChI=1S/C10H21NO3/c1-11(2,8-9-12)7-5-3-4-6-10(13)14/h12H,3-9H2,1-2H3/p+1. The van der Waals surface area contributed by atoms with Gasteiger partial charge in [-0.1, -0.05) is 0 Å². The first kappa shape index (κ1) is 13.4. The van der Waals surface area contributed by atoms with E-state index in [1.807, 2.05) is 0 Å². The molecule has 0 aliphatic carbocycles.